The maximum atomic E-state index is 12.8. The summed E-state index contributed by atoms with van der Waals surface area (Å²) >= 11 is 0. The van der Waals surface area contributed by atoms with Crippen molar-refractivity contribution in [3.8, 4) is 0 Å². The minimum Gasteiger partial charge on any atom is -0.359 e. The van der Waals surface area contributed by atoms with E-state index in [0.717, 1.165) is 5.01 Å². The maximum Gasteiger partial charge on any atom is 0.282 e. The number of amides is 1. The third-order valence-electron chi connectivity index (χ3n) is 2.64. The molecule has 1 aliphatic heterocycles. The number of carbonyl (C=O) groups excluding carboxylic acids is 1. The lowest BCUT2D eigenvalue weighted by Crippen LogP contribution is -2.57. The van der Waals surface area contributed by atoms with E-state index in [2.05, 4.69) is 0 Å². The summed E-state index contributed by atoms with van der Waals surface area (Å²) in [5.41, 5.74) is 0.841. The van der Waals surface area contributed by atoms with Crippen LogP contribution in [0.15, 0.2) is 24.3 Å². The number of anilines is 1. The van der Waals surface area contributed by atoms with Crippen molar-refractivity contribution in [3.05, 3.63) is 29.8 Å². The first-order valence-electron chi connectivity index (χ1n) is 5.15. The first-order valence-corrected chi connectivity index (χ1v) is 5.15. The second kappa shape index (κ2) is 3.96. The van der Waals surface area contributed by atoms with Crippen LogP contribution >= 0.6 is 0 Å². The zero-order chi connectivity index (χ0) is 12.6. The zero-order valence-corrected chi connectivity index (χ0v) is 9.36. The molecule has 0 aliphatic carbocycles. The van der Waals surface area contributed by atoms with Gasteiger partial charge < -0.3 is 4.90 Å². The average molecular weight is 241 g/mol. The van der Waals surface area contributed by atoms with Gasteiger partial charge in [0.05, 0.1) is 18.7 Å². The number of nitrogens with zero attached hydrogens (tertiary/aromatic N) is 2. The van der Waals surface area contributed by atoms with Gasteiger partial charge in [0.25, 0.3) is 11.8 Å². The molecule has 0 unspecified atom stereocenters. The highest BCUT2D eigenvalue weighted by atomic mass is 19.3. The predicted molar refractivity (Wildman–Crippen MR) is 59.9 cm³/mol. The van der Waals surface area contributed by atoms with Crippen LogP contribution in [0.3, 0.4) is 0 Å². The van der Waals surface area contributed by atoms with Crippen LogP contribution < -0.4 is 10.7 Å². The Balaban J connectivity index is 2.26. The van der Waals surface area contributed by atoms with E-state index in [0.29, 0.717) is 11.3 Å². The fraction of sp³-hybridized carbons (Fsp3) is 0.364. The standard InChI is InChI=1S/C11H13F2N3O/c1-15(14)10(17)8-4-2-3-5-9(8)16-6-11(12,13)7-16/h2-5H,6-7,14H2,1H3. The van der Waals surface area contributed by atoms with Gasteiger partial charge in [-0.1, -0.05) is 12.1 Å². The number of nitrogens with two attached hydrogens (primary N) is 1. The van der Waals surface area contributed by atoms with E-state index in [9.17, 15) is 13.6 Å². The minimum atomic E-state index is -2.66. The molecular formula is C11H13F2N3O. The van der Waals surface area contributed by atoms with Gasteiger partial charge in [-0.2, -0.15) is 0 Å². The number of carbonyl (C=O) groups is 1. The van der Waals surface area contributed by atoms with Crippen molar-refractivity contribution in [1.82, 2.24) is 5.01 Å². The average Bonchev–Trinajstić information content (AvgIpc) is 2.24. The van der Waals surface area contributed by atoms with Crippen LogP contribution in [0.4, 0.5) is 14.5 Å². The van der Waals surface area contributed by atoms with E-state index in [-0.39, 0.29) is 13.1 Å². The quantitative estimate of drug-likeness (QED) is 0.479. The SMILES string of the molecule is CN(N)C(=O)c1ccccc1N1CC(F)(F)C1. The molecule has 92 valence electrons. The highest BCUT2D eigenvalue weighted by Crippen LogP contribution is 2.33. The van der Waals surface area contributed by atoms with Gasteiger partial charge in [-0.05, 0) is 12.1 Å². The van der Waals surface area contributed by atoms with Crippen LogP contribution in [0.2, 0.25) is 0 Å². The number of halogens is 2. The first-order chi connectivity index (χ1) is 7.91. The fourth-order valence-electron chi connectivity index (χ4n) is 1.80. The third-order valence-corrected chi connectivity index (χ3v) is 2.64. The van der Waals surface area contributed by atoms with Crippen molar-refractivity contribution >= 4 is 11.6 Å². The molecule has 1 saturated heterocycles. The summed E-state index contributed by atoms with van der Waals surface area (Å²) in [6, 6.07) is 6.61. The third kappa shape index (κ3) is 2.21. The Morgan fingerprint density at radius 3 is 2.53 bits per heavy atom. The van der Waals surface area contributed by atoms with Crippen LogP contribution in [-0.2, 0) is 0 Å². The second-order valence-electron chi connectivity index (χ2n) is 4.15. The molecule has 1 fully saturated rings. The predicted octanol–water partition coefficient (Wildman–Crippen LogP) is 1.09. The molecule has 0 aromatic heterocycles. The van der Waals surface area contributed by atoms with Crippen molar-refractivity contribution in [2.24, 2.45) is 5.84 Å². The summed E-state index contributed by atoms with van der Waals surface area (Å²) in [5.74, 6) is 2.31. The number of hydrogen-bond donors (Lipinski definition) is 1. The lowest BCUT2D eigenvalue weighted by Gasteiger charge is -2.41. The summed E-state index contributed by atoms with van der Waals surface area (Å²) in [6.45, 7) is -0.711. The van der Waals surface area contributed by atoms with Crippen molar-refractivity contribution in [3.63, 3.8) is 0 Å². The van der Waals surface area contributed by atoms with Gasteiger partial charge in [0.2, 0.25) is 0 Å². The molecular weight excluding hydrogens is 228 g/mol. The van der Waals surface area contributed by atoms with Crippen molar-refractivity contribution in [2.75, 3.05) is 25.0 Å². The maximum absolute atomic E-state index is 12.8. The van der Waals surface area contributed by atoms with Gasteiger partial charge >= 0.3 is 0 Å². The van der Waals surface area contributed by atoms with E-state index in [1.807, 2.05) is 0 Å². The molecule has 1 aromatic carbocycles. The molecule has 0 radical (unpaired) electrons. The number of benzene rings is 1. The van der Waals surface area contributed by atoms with Crippen LogP contribution in [-0.4, -0.2) is 37.0 Å². The fourth-order valence-corrected chi connectivity index (χ4v) is 1.80. The molecule has 17 heavy (non-hydrogen) atoms. The van der Waals surface area contributed by atoms with Crippen LogP contribution in [0.1, 0.15) is 10.4 Å². The van der Waals surface area contributed by atoms with Gasteiger partial charge in [0.15, 0.2) is 0 Å². The summed E-state index contributed by atoms with van der Waals surface area (Å²) < 4.78 is 25.6. The Morgan fingerprint density at radius 1 is 1.41 bits per heavy atom. The molecule has 1 aromatic rings. The largest absolute Gasteiger partial charge is 0.359 e. The molecule has 1 aliphatic rings. The summed E-state index contributed by atoms with van der Waals surface area (Å²) in [7, 11) is 1.42. The number of hydrazine groups is 1. The first kappa shape index (κ1) is 11.8. The molecule has 2 N–H and O–H groups in total. The van der Waals surface area contributed by atoms with E-state index in [4.69, 9.17) is 5.84 Å². The Morgan fingerprint density at radius 2 is 2.00 bits per heavy atom. The number of hydrogen-bond acceptors (Lipinski definition) is 3. The van der Waals surface area contributed by atoms with Crippen molar-refractivity contribution in [2.45, 2.75) is 5.92 Å². The second-order valence-corrected chi connectivity index (χ2v) is 4.15. The number of rotatable bonds is 2. The molecule has 0 saturated carbocycles. The molecule has 1 heterocycles. The highest BCUT2D eigenvalue weighted by Gasteiger charge is 2.44. The summed E-state index contributed by atoms with van der Waals surface area (Å²) in [6.07, 6.45) is 0. The Kier molecular flexibility index (Phi) is 2.74. The molecule has 0 bridgehead atoms. The van der Waals surface area contributed by atoms with Crippen molar-refractivity contribution in [1.29, 1.82) is 0 Å². The topological polar surface area (TPSA) is 49.6 Å². The van der Waals surface area contributed by atoms with Crippen LogP contribution in [0, 0.1) is 0 Å². The van der Waals surface area contributed by atoms with Crippen LogP contribution in [0.25, 0.3) is 0 Å². The lowest BCUT2D eigenvalue weighted by atomic mass is 10.1. The molecule has 0 spiro atoms. The summed E-state index contributed by atoms with van der Waals surface area (Å²) in [5, 5.41) is 0.941. The molecule has 1 amide bonds. The zero-order valence-electron chi connectivity index (χ0n) is 9.36. The van der Waals surface area contributed by atoms with Gasteiger partial charge in [0, 0.05) is 12.7 Å². The molecule has 4 nitrogen and oxygen atoms in total. The van der Waals surface area contributed by atoms with Gasteiger partial charge in [-0.25, -0.2) is 14.6 Å². The van der Waals surface area contributed by atoms with E-state index in [1.54, 1.807) is 24.3 Å². The lowest BCUT2D eigenvalue weighted by molar-refractivity contribution is -0.0263. The Bertz CT molecular complexity index is 440. The summed E-state index contributed by atoms with van der Waals surface area (Å²) in [4.78, 5) is 13.2. The molecule has 2 rings (SSSR count). The number of para-hydroxylation sites is 1. The smallest absolute Gasteiger partial charge is 0.282 e. The van der Waals surface area contributed by atoms with Crippen molar-refractivity contribution < 1.29 is 13.6 Å². The Labute approximate surface area is 97.6 Å². The monoisotopic (exact) mass is 241 g/mol. The van der Waals surface area contributed by atoms with E-state index >= 15 is 0 Å². The van der Waals surface area contributed by atoms with Gasteiger partial charge in [-0.3, -0.25) is 9.80 Å². The van der Waals surface area contributed by atoms with E-state index < -0.39 is 11.8 Å². The molecule has 6 heteroatoms. The van der Waals surface area contributed by atoms with Gasteiger partial charge in [0.1, 0.15) is 0 Å². The minimum absolute atomic E-state index is 0.341. The van der Waals surface area contributed by atoms with E-state index in [1.165, 1.54) is 11.9 Å². The highest BCUT2D eigenvalue weighted by molar-refractivity contribution is 5.99. The number of alkyl halides is 2. The van der Waals surface area contributed by atoms with Gasteiger partial charge in [-0.15, -0.1) is 0 Å². The van der Waals surface area contributed by atoms with Crippen LogP contribution in [0.5, 0.6) is 0 Å². The molecule has 0 atom stereocenters. The Hall–Kier alpha value is -1.69. The normalized spacial score (nSPS) is 17.5.